The van der Waals surface area contributed by atoms with Crippen LogP contribution in [0.1, 0.15) is 16.7 Å². The summed E-state index contributed by atoms with van der Waals surface area (Å²) in [7, 11) is 0. The topological polar surface area (TPSA) is 53.7 Å². The summed E-state index contributed by atoms with van der Waals surface area (Å²) >= 11 is 0. The number of rotatable bonds is 4. The summed E-state index contributed by atoms with van der Waals surface area (Å²) in [4.78, 5) is 0. The lowest BCUT2D eigenvalue weighted by atomic mass is 10.1. The molecule has 0 spiro atoms. The van der Waals surface area contributed by atoms with Crippen LogP contribution in [0.4, 0.5) is 0 Å². The van der Waals surface area contributed by atoms with Crippen molar-refractivity contribution in [1.29, 1.82) is 0 Å². The Morgan fingerprint density at radius 2 is 1.95 bits per heavy atom. The molecule has 104 valence electrons. The van der Waals surface area contributed by atoms with E-state index in [0.29, 0.717) is 13.2 Å². The molecule has 0 aliphatic carbocycles. The van der Waals surface area contributed by atoms with Crippen molar-refractivity contribution in [1.82, 2.24) is 0 Å². The Hall–Kier alpha value is -2.20. The van der Waals surface area contributed by atoms with Crippen molar-refractivity contribution in [3.63, 3.8) is 0 Å². The normalized spacial score (nSPS) is 12.5. The SMILES string of the molecule is Cc1ccc(OCc2ccc3c(c2)OCO3)c(CN)c1. The number of hydrogen-bond acceptors (Lipinski definition) is 4. The highest BCUT2D eigenvalue weighted by Gasteiger charge is 2.13. The van der Waals surface area contributed by atoms with Gasteiger partial charge in [-0.05, 0) is 30.7 Å². The van der Waals surface area contributed by atoms with E-state index < -0.39 is 0 Å². The number of ether oxygens (including phenoxy) is 3. The van der Waals surface area contributed by atoms with E-state index >= 15 is 0 Å². The van der Waals surface area contributed by atoms with E-state index in [1.54, 1.807) is 0 Å². The van der Waals surface area contributed by atoms with Crippen molar-refractivity contribution in [2.75, 3.05) is 6.79 Å². The van der Waals surface area contributed by atoms with Gasteiger partial charge in [-0.25, -0.2) is 0 Å². The molecule has 0 fully saturated rings. The Labute approximate surface area is 118 Å². The van der Waals surface area contributed by atoms with Crippen LogP contribution in [0.15, 0.2) is 36.4 Å². The molecule has 2 N–H and O–H groups in total. The zero-order valence-corrected chi connectivity index (χ0v) is 11.4. The van der Waals surface area contributed by atoms with E-state index in [9.17, 15) is 0 Å². The van der Waals surface area contributed by atoms with Gasteiger partial charge in [0.2, 0.25) is 6.79 Å². The summed E-state index contributed by atoms with van der Waals surface area (Å²) in [6.45, 7) is 3.28. The molecule has 0 saturated carbocycles. The predicted octanol–water partition coefficient (Wildman–Crippen LogP) is 2.76. The van der Waals surface area contributed by atoms with E-state index in [1.807, 2.05) is 37.3 Å². The quantitative estimate of drug-likeness (QED) is 0.929. The van der Waals surface area contributed by atoms with Gasteiger partial charge in [-0.3, -0.25) is 0 Å². The maximum Gasteiger partial charge on any atom is 0.231 e. The van der Waals surface area contributed by atoms with Crippen LogP contribution in [-0.2, 0) is 13.2 Å². The third kappa shape index (κ3) is 2.56. The van der Waals surface area contributed by atoms with E-state index in [4.69, 9.17) is 19.9 Å². The first-order valence-electron chi connectivity index (χ1n) is 6.57. The monoisotopic (exact) mass is 271 g/mol. The van der Waals surface area contributed by atoms with Crippen molar-refractivity contribution >= 4 is 0 Å². The number of nitrogens with two attached hydrogens (primary N) is 1. The van der Waals surface area contributed by atoms with Gasteiger partial charge in [0.25, 0.3) is 0 Å². The molecule has 0 aromatic heterocycles. The molecule has 4 heteroatoms. The highest BCUT2D eigenvalue weighted by Crippen LogP contribution is 2.33. The van der Waals surface area contributed by atoms with Crippen molar-refractivity contribution in [3.8, 4) is 17.2 Å². The number of aryl methyl sites for hydroxylation is 1. The maximum atomic E-state index is 5.85. The summed E-state index contributed by atoms with van der Waals surface area (Å²) in [6, 6.07) is 11.9. The second-order valence-electron chi connectivity index (χ2n) is 4.79. The van der Waals surface area contributed by atoms with Gasteiger partial charge in [0.15, 0.2) is 11.5 Å². The molecule has 0 amide bonds. The van der Waals surface area contributed by atoms with Crippen LogP contribution in [0.3, 0.4) is 0 Å². The Kier molecular flexibility index (Phi) is 3.48. The first-order valence-corrected chi connectivity index (χ1v) is 6.57. The number of hydrogen-bond donors (Lipinski definition) is 1. The van der Waals surface area contributed by atoms with Crippen LogP contribution in [0.25, 0.3) is 0 Å². The minimum Gasteiger partial charge on any atom is -0.489 e. The van der Waals surface area contributed by atoms with Gasteiger partial charge in [0.1, 0.15) is 12.4 Å². The molecule has 1 heterocycles. The molecular formula is C16H17NO3. The molecule has 2 aromatic carbocycles. The van der Waals surface area contributed by atoms with Gasteiger partial charge in [-0.1, -0.05) is 23.8 Å². The van der Waals surface area contributed by atoms with Crippen molar-refractivity contribution in [2.24, 2.45) is 5.73 Å². The Bertz CT molecular complexity index is 625. The molecule has 0 saturated heterocycles. The summed E-state index contributed by atoms with van der Waals surface area (Å²) in [6.07, 6.45) is 0. The van der Waals surface area contributed by atoms with Crippen LogP contribution in [0.2, 0.25) is 0 Å². The standard InChI is InChI=1S/C16H17NO3/c1-11-2-4-14(13(6-11)8-17)18-9-12-3-5-15-16(7-12)20-10-19-15/h2-7H,8-10,17H2,1H3. The molecule has 4 nitrogen and oxygen atoms in total. The third-order valence-electron chi connectivity index (χ3n) is 3.27. The molecule has 2 aromatic rings. The van der Waals surface area contributed by atoms with Crippen molar-refractivity contribution in [2.45, 2.75) is 20.1 Å². The molecule has 0 unspecified atom stereocenters. The van der Waals surface area contributed by atoms with Crippen LogP contribution in [-0.4, -0.2) is 6.79 Å². The molecule has 0 bridgehead atoms. The molecular weight excluding hydrogens is 254 g/mol. The van der Waals surface area contributed by atoms with E-state index in [0.717, 1.165) is 28.4 Å². The minimum absolute atomic E-state index is 0.287. The Balaban J connectivity index is 1.73. The van der Waals surface area contributed by atoms with Crippen LogP contribution < -0.4 is 19.9 Å². The van der Waals surface area contributed by atoms with Crippen LogP contribution >= 0.6 is 0 Å². The van der Waals surface area contributed by atoms with E-state index in [1.165, 1.54) is 5.56 Å². The van der Waals surface area contributed by atoms with Gasteiger partial charge in [-0.15, -0.1) is 0 Å². The van der Waals surface area contributed by atoms with Gasteiger partial charge in [0, 0.05) is 12.1 Å². The fourth-order valence-corrected chi connectivity index (χ4v) is 2.20. The molecule has 1 aliphatic heterocycles. The van der Waals surface area contributed by atoms with Gasteiger partial charge < -0.3 is 19.9 Å². The minimum atomic E-state index is 0.287. The summed E-state index contributed by atoms with van der Waals surface area (Å²) < 4.78 is 16.5. The van der Waals surface area contributed by atoms with Gasteiger partial charge in [0.05, 0.1) is 0 Å². The second-order valence-corrected chi connectivity index (χ2v) is 4.79. The fourth-order valence-electron chi connectivity index (χ4n) is 2.20. The van der Waals surface area contributed by atoms with E-state index in [2.05, 4.69) is 6.07 Å². The summed E-state index contributed by atoms with van der Waals surface area (Å²) in [5.74, 6) is 2.39. The fraction of sp³-hybridized carbons (Fsp3) is 0.250. The van der Waals surface area contributed by atoms with Crippen LogP contribution in [0.5, 0.6) is 17.2 Å². The van der Waals surface area contributed by atoms with Crippen LogP contribution in [0, 0.1) is 6.92 Å². The van der Waals surface area contributed by atoms with Crippen molar-refractivity contribution < 1.29 is 14.2 Å². The Morgan fingerprint density at radius 1 is 1.10 bits per heavy atom. The largest absolute Gasteiger partial charge is 0.489 e. The smallest absolute Gasteiger partial charge is 0.231 e. The van der Waals surface area contributed by atoms with Gasteiger partial charge >= 0.3 is 0 Å². The zero-order valence-electron chi connectivity index (χ0n) is 11.4. The number of fused-ring (bicyclic) bond motifs is 1. The van der Waals surface area contributed by atoms with Crippen molar-refractivity contribution in [3.05, 3.63) is 53.1 Å². The molecule has 1 aliphatic rings. The lowest BCUT2D eigenvalue weighted by Gasteiger charge is -2.11. The van der Waals surface area contributed by atoms with Gasteiger partial charge in [-0.2, -0.15) is 0 Å². The zero-order chi connectivity index (χ0) is 13.9. The third-order valence-corrected chi connectivity index (χ3v) is 3.27. The molecule has 3 rings (SSSR count). The first-order chi connectivity index (χ1) is 9.76. The number of benzene rings is 2. The highest BCUT2D eigenvalue weighted by atomic mass is 16.7. The summed E-state index contributed by atoms with van der Waals surface area (Å²) in [5, 5.41) is 0. The highest BCUT2D eigenvalue weighted by molar-refractivity contribution is 5.44. The average Bonchev–Trinajstić information content (AvgIpc) is 2.93. The lowest BCUT2D eigenvalue weighted by Crippen LogP contribution is -2.03. The first kappa shape index (κ1) is 12.8. The predicted molar refractivity (Wildman–Crippen MR) is 76.0 cm³/mol. The molecule has 20 heavy (non-hydrogen) atoms. The van der Waals surface area contributed by atoms with E-state index in [-0.39, 0.29) is 6.79 Å². The Morgan fingerprint density at radius 3 is 2.80 bits per heavy atom. The maximum absolute atomic E-state index is 5.85. The lowest BCUT2D eigenvalue weighted by molar-refractivity contribution is 0.174. The molecule has 0 radical (unpaired) electrons. The molecule has 0 atom stereocenters. The average molecular weight is 271 g/mol. The summed E-state index contributed by atoms with van der Waals surface area (Å²) in [5.41, 5.74) is 8.99. The second kappa shape index (κ2) is 5.43.